The van der Waals surface area contributed by atoms with Crippen molar-refractivity contribution >= 4 is 21.2 Å². The van der Waals surface area contributed by atoms with Crippen molar-refractivity contribution in [1.82, 2.24) is 9.03 Å². The van der Waals surface area contributed by atoms with Crippen LogP contribution in [-0.2, 0) is 14.9 Å². The molecule has 1 fully saturated rings. The van der Waals surface area contributed by atoms with Gasteiger partial charge in [0.25, 0.3) is 10.2 Å². The number of morpholine rings is 1. The SMILES string of the molecule is CCOc1cccc2cc([C@H](C)NS(=O)(=O)N3C[C@H](C)O[C@@H](C)C3)oc12. The quantitative estimate of drug-likeness (QED) is 0.831. The zero-order valence-electron chi connectivity index (χ0n) is 15.6. The van der Waals surface area contributed by atoms with Gasteiger partial charge >= 0.3 is 0 Å². The predicted molar refractivity (Wildman–Crippen MR) is 99.4 cm³/mol. The monoisotopic (exact) mass is 382 g/mol. The number of hydrogen-bond donors (Lipinski definition) is 1. The second-order valence-corrected chi connectivity index (χ2v) is 8.38. The van der Waals surface area contributed by atoms with Gasteiger partial charge in [-0.15, -0.1) is 0 Å². The maximum Gasteiger partial charge on any atom is 0.280 e. The number of ether oxygens (including phenoxy) is 2. The van der Waals surface area contributed by atoms with E-state index in [4.69, 9.17) is 13.9 Å². The van der Waals surface area contributed by atoms with Crippen molar-refractivity contribution in [2.75, 3.05) is 19.7 Å². The molecule has 1 aromatic carbocycles. The van der Waals surface area contributed by atoms with Crippen LogP contribution in [0.15, 0.2) is 28.7 Å². The lowest BCUT2D eigenvalue weighted by atomic mass is 10.2. The number of nitrogens with one attached hydrogen (secondary N) is 1. The molecule has 144 valence electrons. The second kappa shape index (κ2) is 7.56. The third-order valence-corrected chi connectivity index (χ3v) is 5.93. The molecule has 0 unspecified atom stereocenters. The lowest BCUT2D eigenvalue weighted by Crippen LogP contribution is -2.52. The zero-order valence-corrected chi connectivity index (χ0v) is 16.4. The van der Waals surface area contributed by atoms with E-state index in [0.29, 0.717) is 36.8 Å². The summed E-state index contributed by atoms with van der Waals surface area (Å²) in [6.07, 6.45) is -0.267. The van der Waals surface area contributed by atoms with Gasteiger partial charge in [-0.3, -0.25) is 0 Å². The van der Waals surface area contributed by atoms with Gasteiger partial charge in [0.1, 0.15) is 5.76 Å². The third-order valence-electron chi connectivity index (χ3n) is 4.31. The normalized spacial score (nSPS) is 23.2. The molecule has 7 nitrogen and oxygen atoms in total. The second-order valence-electron chi connectivity index (χ2n) is 6.68. The van der Waals surface area contributed by atoms with Gasteiger partial charge < -0.3 is 13.9 Å². The highest BCUT2D eigenvalue weighted by Gasteiger charge is 2.32. The Hall–Kier alpha value is -1.61. The summed E-state index contributed by atoms with van der Waals surface area (Å²) in [4.78, 5) is 0. The molecule has 0 radical (unpaired) electrons. The first kappa shape index (κ1) is 19.2. The summed E-state index contributed by atoms with van der Waals surface area (Å²) in [7, 11) is -3.64. The molecule has 2 aromatic rings. The molecule has 1 N–H and O–H groups in total. The molecule has 0 aliphatic carbocycles. The number of benzene rings is 1. The molecule has 0 saturated carbocycles. The first-order chi connectivity index (χ1) is 12.3. The van der Waals surface area contributed by atoms with Crippen LogP contribution >= 0.6 is 0 Å². The number of rotatable bonds is 6. The van der Waals surface area contributed by atoms with Crippen LogP contribution in [-0.4, -0.2) is 44.6 Å². The molecule has 1 aliphatic rings. The van der Waals surface area contributed by atoms with E-state index in [2.05, 4.69) is 4.72 Å². The van der Waals surface area contributed by atoms with Crippen LogP contribution in [0.3, 0.4) is 0 Å². The molecule has 0 amide bonds. The van der Waals surface area contributed by atoms with Crippen molar-refractivity contribution < 1.29 is 22.3 Å². The molecular formula is C18H26N2O5S. The smallest absolute Gasteiger partial charge is 0.280 e. The van der Waals surface area contributed by atoms with E-state index in [-0.39, 0.29) is 12.2 Å². The molecule has 26 heavy (non-hydrogen) atoms. The first-order valence-corrected chi connectivity index (χ1v) is 10.3. The van der Waals surface area contributed by atoms with E-state index in [1.54, 1.807) is 6.92 Å². The fraction of sp³-hybridized carbons (Fsp3) is 0.556. The maximum absolute atomic E-state index is 12.7. The van der Waals surface area contributed by atoms with Crippen LogP contribution < -0.4 is 9.46 Å². The topological polar surface area (TPSA) is 81.0 Å². The Bertz CT molecular complexity index is 854. The summed E-state index contributed by atoms with van der Waals surface area (Å²) in [5.74, 6) is 1.20. The molecular weight excluding hydrogens is 356 g/mol. The van der Waals surface area contributed by atoms with Crippen molar-refractivity contribution in [1.29, 1.82) is 0 Å². The minimum atomic E-state index is -3.64. The first-order valence-electron chi connectivity index (χ1n) is 8.88. The third kappa shape index (κ3) is 4.03. The lowest BCUT2D eigenvalue weighted by molar-refractivity contribution is -0.0444. The summed E-state index contributed by atoms with van der Waals surface area (Å²) in [5, 5.41) is 0.880. The molecule has 2 heterocycles. The fourth-order valence-corrected chi connectivity index (χ4v) is 4.75. The van der Waals surface area contributed by atoms with Crippen LogP contribution in [0.1, 0.15) is 39.5 Å². The lowest BCUT2D eigenvalue weighted by Gasteiger charge is -2.34. The maximum atomic E-state index is 12.7. The molecule has 0 spiro atoms. The standard InChI is InChI=1S/C18H26N2O5S/c1-5-23-16-8-6-7-15-9-17(25-18(15)16)14(4)19-26(21,22)20-10-12(2)24-13(3)11-20/h6-9,12-14,19H,5,10-11H2,1-4H3/t12-,13-,14-/m0/s1. The van der Waals surface area contributed by atoms with Crippen LogP contribution in [0.25, 0.3) is 11.0 Å². The highest BCUT2D eigenvalue weighted by Crippen LogP contribution is 2.31. The van der Waals surface area contributed by atoms with Crippen LogP contribution in [0.5, 0.6) is 5.75 Å². The van der Waals surface area contributed by atoms with E-state index in [1.807, 2.05) is 45.0 Å². The Morgan fingerprint density at radius 3 is 2.65 bits per heavy atom. The predicted octanol–water partition coefficient (Wildman–Crippen LogP) is 2.84. The van der Waals surface area contributed by atoms with Crippen LogP contribution in [0.2, 0.25) is 0 Å². The summed E-state index contributed by atoms with van der Waals surface area (Å²) >= 11 is 0. The zero-order chi connectivity index (χ0) is 18.9. The minimum absolute atomic E-state index is 0.134. The highest BCUT2D eigenvalue weighted by molar-refractivity contribution is 7.87. The number of nitrogens with zero attached hydrogens (tertiary/aromatic N) is 1. The van der Waals surface area contributed by atoms with Crippen molar-refractivity contribution in [2.24, 2.45) is 0 Å². The molecule has 3 rings (SSSR count). The summed E-state index contributed by atoms with van der Waals surface area (Å²) in [6.45, 7) is 8.62. The number of furan rings is 1. The van der Waals surface area contributed by atoms with Gasteiger partial charge in [-0.25, -0.2) is 0 Å². The van der Waals surface area contributed by atoms with E-state index in [0.717, 1.165) is 5.39 Å². The van der Waals surface area contributed by atoms with Gasteiger partial charge in [-0.1, -0.05) is 12.1 Å². The number of para-hydroxylation sites is 1. The molecule has 0 bridgehead atoms. The molecule has 1 aromatic heterocycles. The van der Waals surface area contributed by atoms with E-state index in [9.17, 15) is 8.42 Å². The van der Waals surface area contributed by atoms with Gasteiger partial charge in [-0.05, 0) is 39.8 Å². The summed E-state index contributed by atoms with van der Waals surface area (Å²) in [5.41, 5.74) is 0.629. The van der Waals surface area contributed by atoms with E-state index >= 15 is 0 Å². The van der Waals surface area contributed by atoms with Crippen molar-refractivity contribution in [2.45, 2.75) is 45.9 Å². The van der Waals surface area contributed by atoms with Crippen molar-refractivity contribution in [3.63, 3.8) is 0 Å². The number of hydrogen-bond acceptors (Lipinski definition) is 5. The molecule has 3 atom stereocenters. The van der Waals surface area contributed by atoms with Crippen LogP contribution in [0.4, 0.5) is 0 Å². The molecule has 8 heteroatoms. The Morgan fingerprint density at radius 1 is 1.31 bits per heavy atom. The average Bonchev–Trinajstić information content (AvgIpc) is 2.99. The summed E-state index contributed by atoms with van der Waals surface area (Å²) in [6, 6.07) is 6.98. The van der Waals surface area contributed by atoms with Gasteiger partial charge in [0.2, 0.25) is 0 Å². The molecule has 1 saturated heterocycles. The van der Waals surface area contributed by atoms with Gasteiger partial charge in [0.15, 0.2) is 11.3 Å². The van der Waals surface area contributed by atoms with Crippen molar-refractivity contribution in [3.8, 4) is 5.75 Å². The van der Waals surface area contributed by atoms with E-state index < -0.39 is 16.3 Å². The average molecular weight is 382 g/mol. The largest absolute Gasteiger partial charge is 0.490 e. The Kier molecular flexibility index (Phi) is 5.57. The van der Waals surface area contributed by atoms with E-state index in [1.165, 1.54) is 4.31 Å². The molecule has 1 aliphatic heterocycles. The fourth-order valence-electron chi connectivity index (χ4n) is 3.22. The van der Waals surface area contributed by atoms with Gasteiger partial charge in [-0.2, -0.15) is 17.4 Å². The minimum Gasteiger partial charge on any atom is -0.490 e. The van der Waals surface area contributed by atoms with Crippen LogP contribution in [0, 0.1) is 0 Å². The Morgan fingerprint density at radius 2 is 2.00 bits per heavy atom. The highest BCUT2D eigenvalue weighted by atomic mass is 32.2. The number of fused-ring (bicyclic) bond motifs is 1. The van der Waals surface area contributed by atoms with Gasteiger partial charge in [0.05, 0.1) is 24.9 Å². The van der Waals surface area contributed by atoms with Gasteiger partial charge in [0, 0.05) is 18.5 Å². The summed E-state index contributed by atoms with van der Waals surface area (Å²) < 4.78 is 46.7. The Labute approximate surface area is 154 Å². The Balaban J connectivity index is 1.80. The van der Waals surface area contributed by atoms with Crippen molar-refractivity contribution in [3.05, 3.63) is 30.0 Å².